The third kappa shape index (κ3) is 2.89. The molecule has 0 spiro atoms. The maximum Gasteiger partial charge on any atom is 0.145 e. The summed E-state index contributed by atoms with van der Waals surface area (Å²) in [5, 5.41) is 3.38. The molecule has 19 heavy (non-hydrogen) atoms. The van der Waals surface area contributed by atoms with Crippen LogP contribution in [-0.4, -0.2) is 4.98 Å². The summed E-state index contributed by atoms with van der Waals surface area (Å²) in [6, 6.07) is 8.27. The molecule has 0 fully saturated rings. The number of para-hydroxylation sites is 1. The average molecular weight is 320 g/mol. The SMILES string of the molecule is Cc1c(N)cnc(Nc2ccccc2C(C)C)c1Br. The van der Waals surface area contributed by atoms with Gasteiger partial charge in [-0.2, -0.15) is 0 Å². The van der Waals surface area contributed by atoms with Gasteiger partial charge in [0, 0.05) is 5.69 Å². The maximum atomic E-state index is 5.84. The summed E-state index contributed by atoms with van der Waals surface area (Å²) >= 11 is 3.55. The molecule has 2 aromatic rings. The van der Waals surface area contributed by atoms with Crippen LogP contribution in [0.4, 0.5) is 17.2 Å². The molecule has 4 heteroatoms. The molecule has 0 atom stereocenters. The molecule has 2 rings (SSSR count). The van der Waals surface area contributed by atoms with Crippen molar-refractivity contribution < 1.29 is 0 Å². The number of anilines is 3. The average Bonchev–Trinajstić information content (AvgIpc) is 2.40. The van der Waals surface area contributed by atoms with Crippen LogP contribution in [-0.2, 0) is 0 Å². The van der Waals surface area contributed by atoms with E-state index in [9.17, 15) is 0 Å². The van der Waals surface area contributed by atoms with Crippen LogP contribution in [0.2, 0.25) is 0 Å². The van der Waals surface area contributed by atoms with Gasteiger partial charge in [-0.25, -0.2) is 4.98 Å². The Labute approximate surface area is 122 Å². The van der Waals surface area contributed by atoms with E-state index in [2.05, 4.69) is 58.3 Å². The highest BCUT2D eigenvalue weighted by Gasteiger charge is 2.10. The van der Waals surface area contributed by atoms with Crippen molar-refractivity contribution in [1.82, 2.24) is 4.98 Å². The Morgan fingerprint density at radius 2 is 1.95 bits per heavy atom. The van der Waals surface area contributed by atoms with E-state index in [1.54, 1.807) is 6.20 Å². The van der Waals surface area contributed by atoms with E-state index in [0.717, 1.165) is 21.5 Å². The second-order valence-corrected chi connectivity index (χ2v) is 5.66. The molecule has 0 bridgehead atoms. The zero-order chi connectivity index (χ0) is 14.0. The Morgan fingerprint density at radius 3 is 2.63 bits per heavy atom. The van der Waals surface area contributed by atoms with Crippen molar-refractivity contribution in [2.24, 2.45) is 0 Å². The number of nitrogens with zero attached hydrogens (tertiary/aromatic N) is 1. The lowest BCUT2D eigenvalue weighted by atomic mass is 10.0. The summed E-state index contributed by atoms with van der Waals surface area (Å²) in [5.41, 5.74) is 9.88. The largest absolute Gasteiger partial charge is 0.397 e. The molecule has 0 aliphatic rings. The molecule has 1 heterocycles. The van der Waals surface area contributed by atoms with Crippen LogP contribution in [0.5, 0.6) is 0 Å². The number of benzene rings is 1. The minimum Gasteiger partial charge on any atom is -0.397 e. The predicted molar refractivity (Wildman–Crippen MR) is 84.9 cm³/mol. The lowest BCUT2D eigenvalue weighted by Gasteiger charge is -2.16. The summed E-state index contributed by atoms with van der Waals surface area (Å²) in [5.74, 6) is 1.25. The molecule has 0 saturated heterocycles. The smallest absolute Gasteiger partial charge is 0.145 e. The number of nitrogen functional groups attached to an aromatic ring is 1. The van der Waals surface area contributed by atoms with Gasteiger partial charge >= 0.3 is 0 Å². The van der Waals surface area contributed by atoms with Crippen molar-refractivity contribution in [3.05, 3.63) is 46.1 Å². The zero-order valence-corrected chi connectivity index (χ0v) is 13.0. The van der Waals surface area contributed by atoms with Crippen molar-refractivity contribution in [3.63, 3.8) is 0 Å². The van der Waals surface area contributed by atoms with E-state index in [1.165, 1.54) is 5.56 Å². The molecule has 100 valence electrons. The summed E-state index contributed by atoms with van der Waals surface area (Å²) < 4.78 is 0.908. The first-order chi connectivity index (χ1) is 9.00. The number of hydrogen-bond donors (Lipinski definition) is 2. The van der Waals surface area contributed by atoms with Crippen molar-refractivity contribution in [1.29, 1.82) is 0 Å². The fourth-order valence-electron chi connectivity index (χ4n) is 1.92. The molecule has 1 aromatic heterocycles. The molecular weight excluding hydrogens is 302 g/mol. The Bertz CT molecular complexity index is 594. The monoisotopic (exact) mass is 319 g/mol. The molecule has 3 N–H and O–H groups in total. The van der Waals surface area contributed by atoms with E-state index in [1.807, 2.05) is 13.0 Å². The number of pyridine rings is 1. The fourth-order valence-corrected chi connectivity index (χ4v) is 2.35. The van der Waals surface area contributed by atoms with Crippen LogP contribution in [0.15, 0.2) is 34.9 Å². The summed E-state index contributed by atoms with van der Waals surface area (Å²) in [4.78, 5) is 4.35. The minimum atomic E-state index is 0.456. The summed E-state index contributed by atoms with van der Waals surface area (Å²) in [7, 11) is 0. The van der Waals surface area contributed by atoms with Crippen molar-refractivity contribution in [2.45, 2.75) is 26.7 Å². The van der Waals surface area contributed by atoms with Gasteiger partial charge in [0.1, 0.15) is 5.82 Å². The van der Waals surface area contributed by atoms with Crippen LogP contribution in [0.1, 0.15) is 30.9 Å². The van der Waals surface area contributed by atoms with Crippen LogP contribution < -0.4 is 11.1 Å². The molecule has 0 amide bonds. The lowest BCUT2D eigenvalue weighted by molar-refractivity contribution is 0.869. The number of rotatable bonds is 3. The van der Waals surface area contributed by atoms with Crippen molar-refractivity contribution in [3.8, 4) is 0 Å². The fraction of sp³-hybridized carbons (Fsp3) is 0.267. The molecule has 0 aliphatic carbocycles. The van der Waals surface area contributed by atoms with E-state index in [4.69, 9.17) is 5.73 Å². The van der Waals surface area contributed by atoms with Crippen LogP contribution in [0, 0.1) is 6.92 Å². The Morgan fingerprint density at radius 1 is 1.26 bits per heavy atom. The number of nitrogens with one attached hydrogen (secondary N) is 1. The van der Waals surface area contributed by atoms with Gasteiger partial charge in [0.25, 0.3) is 0 Å². The topological polar surface area (TPSA) is 50.9 Å². The third-order valence-corrected chi connectivity index (χ3v) is 4.11. The molecule has 0 saturated carbocycles. The van der Waals surface area contributed by atoms with Gasteiger partial charge in [0.05, 0.1) is 16.4 Å². The molecule has 3 nitrogen and oxygen atoms in total. The first-order valence-corrected chi connectivity index (χ1v) is 7.06. The van der Waals surface area contributed by atoms with Crippen LogP contribution in [0.3, 0.4) is 0 Å². The van der Waals surface area contributed by atoms with Gasteiger partial charge in [-0.3, -0.25) is 0 Å². The van der Waals surface area contributed by atoms with E-state index in [0.29, 0.717) is 11.6 Å². The number of halogens is 1. The van der Waals surface area contributed by atoms with E-state index >= 15 is 0 Å². The van der Waals surface area contributed by atoms with E-state index in [-0.39, 0.29) is 0 Å². The highest BCUT2D eigenvalue weighted by atomic mass is 79.9. The van der Waals surface area contributed by atoms with Gasteiger partial charge in [0.15, 0.2) is 0 Å². The van der Waals surface area contributed by atoms with Crippen LogP contribution in [0.25, 0.3) is 0 Å². The first kappa shape index (κ1) is 13.9. The number of hydrogen-bond acceptors (Lipinski definition) is 3. The molecule has 0 unspecified atom stereocenters. The standard InChI is InChI=1S/C15H18BrN3/c1-9(2)11-6-4-5-7-13(11)19-15-14(16)10(3)12(17)8-18-15/h4-9H,17H2,1-3H3,(H,18,19). The third-order valence-electron chi connectivity index (χ3n) is 3.14. The van der Waals surface area contributed by atoms with Gasteiger partial charge in [-0.1, -0.05) is 32.0 Å². The van der Waals surface area contributed by atoms with Gasteiger partial charge in [-0.15, -0.1) is 0 Å². The Hall–Kier alpha value is -1.55. The minimum absolute atomic E-state index is 0.456. The van der Waals surface area contributed by atoms with Crippen molar-refractivity contribution >= 4 is 33.1 Å². The zero-order valence-electron chi connectivity index (χ0n) is 11.4. The second-order valence-electron chi connectivity index (χ2n) is 4.87. The molecule has 0 radical (unpaired) electrons. The summed E-state index contributed by atoms with van der Waals surface area (Å²) in [6.07, 6.45) is 1.68. The quantitative estimate of drug-likeness (QED) is 0.869. The molecular formula is C15H18BrN3. The normalized spacial score (nSPS) is 10.8. The van der Waals surface area contributed by atoms with Gasteiger partial charge < -0.3 is 11.1 Å². The second kappa shape index (κ2) is 5.61. The van der Waals surface area contributed by atoms with Gasteiger partial charge in [0.2, 0.25) is 0 Å². The van der Waals surface area contributed by atoms with Crippen LogP contribution >= 0.6 is 15.9 Å². The molecule has 0 aliphatic heterocycles. The number of nitrogens with two attached hydrogens (primary N) is 1. The Balaban J connectivity index is 2.40. The van der Waals surface area contributed by atoms with E-state index < -0.39 is 0 Å². The predicted octanol–water partition coefficient (Wildman–Crippen LogP) is 4.60. The number of aromatic nitrogens is 1. The summed E-state index contributed by atoms with van der Waals surface area (Å²) in [6.45, 7) is 6.33. The highest BCUT2D eigenvalue weighted by molar-refractivity contribution is 9.10. The highest BCUT2D eigenvalue weighted by Crippen LogP contribution is 2.32. The van der Waals surface area contributed by atoms with Crippen molar-refractivity contribution in [2.75, 3.05) is 11.1 Å². The maximum absolute atomic E-state index is 5.84. The molecule has 1 aromatic carbocycles. The first-order valence-electron chi connectivity index (χ1n) is 6.27. The Kier molecular flexibility index (Phi) is 4.10. The van der Waals surface area contributed by atoms with Gasteiger partial charge in [-0.05, 0) is 46.0 Å². The lowest BCUT2D eigenvalue weighted by Crippen LogP contribution is -2.02.